The second-order valence-electron chi connectivity index (χ2n) is 5.32. The average molecular weight is 266 g/mol. The van der Waals surface area contributed by atoms with Crippen LogP contribution >= 0.6 is 0 Å². The van der Waals surface area contributed by atoms with E-state index >= 15 is 0 Å². The monoisotopic (exact) mass is 266 g/mol. The quantitative estimate of drug-likeness (QED) is 0.877. The van der Waals surface area contributed by atoms with Crippen LogP contribution in [0.4, 0.5) is 5.82 Å². The molecule has 3 rings (SSSR count). The highest BCUT2D eigenvalue weighted by molar-refractivity contribution is 5.86. The van der Waals surface area contributed by atoms with Crippen LogP contribution in [0.5, 0.6) is 0 Å². The van der Waals surface area contributed by atoms with E-state index in [1.807, 2.05) is 30.3 Å². The summed E-state index contributed by atoms with van der Waals surface area (Å²) in [5, 5.41) is 17.1. The van der Waals surface area contributed by atoms with Crippen molar-refractivity contribution in [2.45, 2.75) is 31.8 Å². The fourth-order valence-electron chi connectivity index (χ4n) is 2.77. The summed E-state index contributed by atoms with van der Waals surface area (Å²) >= 11 is 0. The summed E-state index contributed by atoms with van der Waals surface area (Å²) in [4.78, 5) is 4.62. The predicted octanol–water partition coefficient (Wildman–Crippen LogP) is 2.66. The van der Waals surface area contributed by atoms with Crippen LogP contribution in [-0.4, -0.2) is 23.6 Å². The number of pyridine rings is 1. The molecule has 2 N–H and O–H groups in total. The molecular weight excluding hydrogens is 248 g/mol. The van der Waals surface area contributed by atoms with E-state index in [0.717, 1.165) is 29.7 Å². The highest BCUT2D eigenvalue weighted by atomic mass is 15.1. The molecule has 1 saturated heterocycles. The van der Waals surface area contributed by atoms with Gasteiger partial charge in [-0.15, -0.1) is 0 Å². The van der Waals surface area contributed by atoms with Gasteiger partial charge in [0.1, 0.15) is 5.82 Å². The normalized spacial score (nSPS) is 22.4. The molecule has 0 radical (unpaired) electrons. The lowest BCUT2D eigenvalue weighted by Crippen LogP contribution is -2.46. The molecule has 1 aromatic carbocycles. The van der Waals surface area contributed by atoms with Crippen molar-refractivity contribution in [3.8, 4) is 6.07 Å². The molecule has 2 aromatic rings. The van der Waals surface area contributed by atoms with E-state index in [-0.39, 0.29) is 0 Å². The van der Waals surface area contributed by atoms with Crippen LogP contribution in [0.15, 0.2) is 30.3 Å². The molecule has 4 nitrogen and oxygen atoms in total. The summed E-state index contributed by atoms with van der Waals surface area (Å²) in [5.74, 6) is 0.792. The third kappa shape index (κ3) is 2.45. The van der Waals surface area contributed by atoms with Gasteiger partial charge in [-0.05, 0) is 38.4 Å². The molecule has 0 bridgehead atoms. The Labute approximate surface area is 118 Å². The number of anilines is 1. The molecule has 0 saturated carbocycles. The van der Waals surface area contributed by atoms with Gasteiger partial charge >= 0.3 is 0 Å². The van der Waals surface area contributed by atoms with E-state index in [9.17, 15) is 5.26 Å². The summed E-state index contributed by atoms with van der Waals surface area (Å²) in [7, 11) is 0. The van der Waals surface area contributed by atoms with Gasteiger partial charge in [-0.1, -0.05) is 18.2 Å². The van der Waals surface area contributed by atoms with E-state index in [2.05, 4.69) is 28.6 Å². The lowest BCUT2D eigenvalue weighted by Gasteiger charge is -2.31. The first-order valence-corrected chi connectivity index (χ1v) is 7.08. The van der Waals surface area contributed by atoms with Crippen LogP contribution in [0.1, 0.15) is 25.3 Å². The van der Waals surface area contributed by atoms with Gasteiger partial charge in [0.2, 0.25) is 0 Å². The number of nitrogens with one attached hydrogen (secondary N) is 2. The number of para-hydroxylation sites is 1. The molecular formula is C16H18N4. The summed E-state index contributed by atoms with van der Waals surface area (Å²) in [6.45, 7) is 3.26. The zero-order chi connectivity index (χ0) is 13.9. The maximum Gasteiger partial charge on any atom is 0.128 e. The minimum atomic E-state index is 0.365. The molecule has 102 valence electrons. The van der Waals surface area contributed by atoms with Crippen LogP contribution in [0.2, 0.25) is 0 Å². The molecule has 1 aliphatic heterocycles. The summed E-state index contributed by atoms with van der Waals surface area (Å²) in [6.07, 6.45) is 2.30. The number of piperidine rings is 1. The SMILES string of the molecule is CC1NCCCC1Nc1cc(C#N)c2ccccc2n1. The molecule has 1 fully saturated rings. The second-order valence-corrected chi connectivity index (χ2v) is 5.32. The number of hydrogen-bond acceptors (Lipinski definition) is 4. The van der Waals surface area contributed by atoms with Crippen LogP contribution < -0.4 is 10.6 Å². The zero-order valence-electron chi connectivity index (χ0n) is 11.6. The average Bonchev–Trinajstić information content (AvgIpc) is 2.49. The topological polar surface area (TPSA) is 60.7 Å². The Morgan fingerprint density at radius 1 is 1.40 bits per heavy atom. The van der Waals surface area contributed by atoms with Gasteiger partial charge < -0.3 is 10.6 Å². The number of aromatic nitrogens is 1. The van der Waals surface area contributed by atoms with Crippen molar-refractivity contribution in [1.29, 1.82) is 5.26 Å². The van der Waals surface area contributed by atoms with Crippen molar-refractivity contribution in [3.63, 3.8) is 0 Å². The summed E-state index contributed by atoms with van der Waals surface area (Å²) < 4.78 is 0. The Morgan fingerprint density at radius 2 is 2.25 bits per heavy atom. The van der Waals surface area contributed by atoms with E-state index in [1.54, 1.807) is 0 Å². The first-order chi connectivity index (χ1) is 9.78. The van der Waals surface area contributed by atoms with E-state index in [4.69, 9.17) is 0 Å². The zero-order valence-corrected chi connectivity index (χ0v) is 11.6. The van der Waals surface area contributed by atoms with E-state index < -0.39 is 0 Å². The Bertz CT molecular complexity index is 659. The van der Waals surface area contributed by atoms with Crippen molar-refractivity contribution in [2.75, 3.05) is 11.9 Å². The molecule has 2 heterocycles. The fourth-order valence-corrected chi connectivity index (χ4v) is 2.77. The molecule has 20 heavy (non-hydrogen) atoms. The van der Waals surface area contributed by atoms with Gasteiger partial charge in [-0.25, -0.2) is 4.98 Å². The number of benzene rings is 1. The largest absolute Gasteiger partial charge is 0.366 e. The van der Waals surface area contributed by atoms with Gasteiger partial charge in [0.25, 0.3) is 0 Å². The minimum absolute atomic E-state index is 0.365. The summed E-state index contributed by atoms with van der Waals surface area (Å²) in [6, 6.07) is 12.7. The Hall–Kier alpha value is -2.12. The van der Waals surface area contributed by atoms with E-state index in [1.165, 1.54) is 6.42 Å². The maximum atomic E-state index is 9.30. The second kappa shape index (κ2) is 5.48. The molecule has 2 unspecified atom stereocenters. The van der Waals surface area contributed by atoms with E-state index in [0.29, 0.717) is 17.6 Å². The maximum absolute atomic E-state index is 9.30. The van der Waals surface area contributed by atoms with Crippen LogP contribution in [0.25, 0.3) is 10.9 Å². The van der Waals surface area contributed by atoms with Crippen molar-refractivity contribution in [1.82, 2.24) is 10.3 Å². The standard InChI is InChI=1S/C16H18N4/c1-11-14(7-4-8-18-11)19-16-9-12(10-17)13-5-2-3-6-15(13)20-16/h2-3,5-6,9,11,14,18H,4,7-8H2,1H3,(H,19,20). The van der Waals surface area contributed by atoms with Crippen molar-refractivity contribution in [3.05, 3.63) is 35.9 Å². The number of nitrogens with zero attached hydrogens (tertiary/aromatic N) is 2. The van der Waals surface area contributed by atoms with Crippen LogP contribution in [0, 0.1) is 11.3 Å². The molecule has 1 aromatic heterocycles. The smallest absolute Gasteiger partial charge is 0.128 e. The molecule has 4 heteroatoms. The van der Waals surface area contributed by atoms with Crippen LogP contribution in [-0.2, 0) is 0 Å². The van der Waals surface area contributed by atoms with Gasteiger partial charge in [0, 0.05) is 17.5 Å². The number of hydrogen-bond donors (Lipinski definition) is 2. The van der Waals surface area contributed by atoms with Crippen molar-refractivity contribution >= 4 is 16.7 Å². The third-order valence-corrected chi connectivity index (χ3v) is 3.93. The van der Waals surface area contributed by atoms with Crippen LogP contribution in [0.3, 0.4) is 0 Å². The van der Waals surface area contributed by atoms with Crippen molar-refractivity contribution < 1.29 is 0 Å². The molecule has 0 aliphatic carbocycles. The molecule has 1 aliphatic rings. The summed E-state index contributed by atoms with van der Waals surface area (Å²) in [5.41, 5.74) is 1.54. The number of fused-ring (bicyclic) bond motifs is 1. The number of nitriles is 1. The van der Waals surface area contributed by atoms with Gasteiger partial charge in [0.05, 0.1) is 17.1 Å². The van der Waals surface area contributed by atoms with Gasteiger partial charge in [0.15, 0.2) is 0 Å². The Balaban J connectivity index is 1.94. The number of rotatable bonds is 2. The molecule has 2 atom stereocenters. The highest BCUT2D eigenvalue weighted by Gasteiger charge is 2.21. The minimum Gasteiger partial charge on any atom is -0.366 e. The predicted molar refractivity (Wildman–Crippen MR) is 80.6 cm³/mol. The first-order valence-electron chi connectivity index (χ1n) is 7.08. The lowest BCUT2D eigenvalue weighted by molar-refractivity contribution is 0.389. The third-order valence-electron chi connectivity index (χ3n) is 3.93. The Morgan fingerprint density at radius 3 is 3.05 bits per heavy atom. The Kier molecular flexibility index (Phi) is 3.53. The first kappa shape index (κ1) is 12.9. The lowest BCUT2D eigenvalue weighted by atomic mass is 10.00. The van der Waals surface area contributed by atoms with Gasteiger partial charge in [-0.3, -0.25) is 0 Å². The fraction of sp³-hybridized carbons (Fsp3) is 0.375. The molecule has 0 amide bonds. The van der Waals surface area contributed by atoms with Gasteiger partial charge in [-0.2, -0.15) is 5.26 Å². The highest BCUT2D eigenvalue weighted by Crippen LogP contribution is 2.22. The molecule has 0 spiro atoms. The van der Waals surface area contributed by atoms with Crippen molar-refractivity contribution in [2.24, 2.45) is 0 Å².